The van der Waals surface area contributed by atoms with Crippen LogP contribution in [0.3, 0.4) is 0 Å². The molecule has 1 aliphatic heterocycles. The highest BCUT2D eigenvalue weighted by atomic mass is 32.2. The van der Waals surface area contributed by atoms with Crippen LogP contribution in [-0.2, 0) is 19.7 Å². The molecule has 0 aromatic heterocycles. The Balaban J connectivity index is 1.50. The number of rotatable bonds is 7. The molecule has 2 aliphatic rings. The summed E-state index contributed by atoms with van der Waals surface area (Å²) in [5.41, 5.74) is 0.288. The molecule has 202 valence electrons. The fourth-order valence-corrected chi connectivity index (χ4v) is 6.45. The maximum absolute atomic E-state index is 14.9. The molecule has 2 aromatic carbocycles. The summed E-state index contributed by atoms with van der Waals surface area (Å²) in [5, 5.41) is -0.411. The number of carbonyl (C=O) groups is 1. The highest BCUT2D eigenvalue weighted by Crippen LogP contribution is 2.35. The second kappa shape index (κ2) is 9.90. The zero-order chi connectivity index (χ0) is 27.2. The number of hydrogen-bond donors (Lipinski definition) is 0. The number of halogens is 1. The molecule has 2 aromatic rings. The van der Waals surface area contributed by atoms with Crippen molar-refractivity contribution in [1.29, 1.82) is 0 Å². The number of anilines is 1. The lowest BCUT2D eigenvalue weighted by Crippen LogP contribution is -2.49. The van der Waals surface area contributed by atoms with Gasteiger partial charge in [0.05, 0.1) is 32.9 Å². The van der Waals surface area contributed by atoms with Crippen molar-refractivity contribution in [3.05, 3.63) is 47.8 Å². The van der Waals surface area contributed by atoms with Crippen LogP contribution in [0.15, 0.2) is 46.2 Å². The summed E-state index contributed by atoms with van der Waals surface area (Å²) in [6.07, 6.45) is 2.30. The van der Waals surface area contributed by atoms with Gasteiger partial charge in [0.15, 0.2) is 19.7 Å². The van der Waals surface area contributed by atoms with Crippen LogP contribution in [-0.4, -0.2) is 71.9 Å². The Labute approximate surface area is 218 Å². The van der Waals surface area contributed by atoms with Crippen molar-refractivity contribution in [3.63, 3.8) is 0 Å². The number of amides is 1. The second-order valence-electron chi connectivity index (χ2n) is 10.9. The molecule has 1 saturated carbocycles. The van der Waals surface area contributed by atoms with Gasteiger partial charge < -0.3 is 14.5 Å². The fraction of sp³-hybridized carbons (Fsp3) is 0.500. The Kier molecular flexibility index (Phi) is 7.33. The van der Waals surface area contributed by atoms with Gasteiger partial charge in [-0.15, -0.1) is 0 Å². The smallest absolute Gasteiger partial charge is 0.257 e. The van der Waals surface area contributed by atoms with E-state index < -0.39 is 30.7 Å². The summed E-state index contributed by atoms with van der Waals surface area (Å²) in [6.45, 7) is 7.54. The van der Waals surface area contributed by atoms with E-state index in [0.29, 0.717) is 38.3 Å². The van der Waals surface area contributed by atoms with Crippen molar-refractivity contribution in [2.24, 2.45) is 5.41 Å². The largest absolute Gasteiger partial charge is 0.492 e. The maximum Gasteiger partial charge on any atom is 0.257 e. The van der Waals surface area contributed by atoms with Crippen LogP contribution >= 0.6 is 0 Å². The van der Waals surface area contributed by atoms with Gasteiger partial charge in [-0.2, -0.15) is 0 Å². The molecule has 8 nitrogen and oxygen atoms in total. The van der Waals surface area contributed by atoms with Gasteiger partial charge in [-0.1, -0.05) is 20.8 Å². The Morgan fingerprint density at radius 1 is 0.973 bits per heavy atom. The van der Waals surface area contributed by atoms with E-state index in [1.165, 1.54) is 30.3 Å². The summed E-state index contributed by atoms with van der Waals surface area (Å²) < 4.78 is 69.9. The van der Waals surface area contributed by atoms with Crippen LogP contribution in [0.5, 0.6) is 5.75 Å². The van der Waals surface area contributed by atoms with Crippen molar-refractivity contribution >= 4 is 31.3 Å². The molecular weight excluding hydrogens is 519 g/mol. The van der Waals surface area contributed by atoms with Gasteiger partial charge in [-0.3, -0.25) is 4.79 Å². The third kappa shape index (κ3) is 6.26. The molecule has 0 radical (unpaired) electrons. The van der Waals surface area contributed by atoms with Crippen molar-refractivity contribution < 1.29 is 30.8 Å². The number of piperazine rings is 1. The van der Waals surface area contributed by atoms with E-state index in [4.69, 9.17) is 4.74 Å². The van der Waals surface area contributed by atoms with E-state index in [1.54, 1.807) is 9.80 Å². The first-order valence-electron chi connectivity index (χ1n) is 12.2. The molecule has 0 N–H and O–H groups in total. The van der Waals surface area contributed by atoms with Crippen LogP contribution < -0.4 is 9.64 Å². The normalized spacial score (nSPS) is 17.1. The molecule has 0 bridgehead atoms. The molecule has 0 spiro atoms. The van der Waals surface area contributed by atoms with Gasteiger partial charge in [0.25, 0.3) is 5.91 Å². The third-order valence-electron chi connectivity index (χ3n) is 6.39. The fourth-order valence-electron chi connectivity index (χ4n) is 4.14. The number of hydrogen-bond acceptors (Lipinski definition) is 7. The van der Waals surface area contributed by atoms with E-state index >= 15 is 0 Å². The molecule has 1 saturated heterocycles. The minimum Gasteiger partial charge on any atom is -0.492 e. The molecular formula is C26H33FN2O6S2. The number of benzene rings is 2. The van der Waals surface area contributed by atoms with Gasteiger partial charge in [0.1, 0.15) is 11.6 Å². The highest BCUT2D eigenvalue weighted by Gasteiger charge is 2.37. The Bertz CT molecular complexity index is 1410. The third-order valence-corrected chi connectivity index (χ3v) is 9.76. The topological polar surface area (TPSA) is 101 Å². The van der Waals surface area contributed by atoms with Gasteiger partial charge in [0, 0.05) is 32.4 Å². The minimum absolute atomic E-state index is 0.00129. The van der Waals surface area contributed by atoms with Gasteiger partial charge in [-0.25, -0.2) is 21.2 Å². The quantitative estimate of drug-likeness (QED) is 0.518. The molecule has 37 heavy (non-hydrogen) atoms. The molecule has 1 amide bonds. The molecule has 0 unspecified atom stereocenters. The van der Waals surface area contributed by atoms with Crippen molar-refractivity contribution in [3.8, 4) is 5.75 Å². The SMILES string of the molecule is CC(C)(C)COc1ccc(S(C)(=O)=O)cc1C(=O)N1CCN(c2ccc(S(=O)(=O)C3CC3)cc2F)CC1. The lowest BCUT2D eigenvalue weighted by molar-refractivity contribution is 0.0739. The average molecular weight is 553 g/mol. The lowest BCUT2D eigenvalue weighted by atomic mass is 9.98. The van der Waals surface area contributed by atoms with Crippen LogP contribution in [0.25, 0.3) is 0 Å². The summed E-state index contributed by atoms with van der Waals surface area (Å²) in [7, 11) is -7.02. The monoisotopic (exact) mass is 552 g/mol. The average Bonchev–Trinajstić information content (AvgIpc) is 3.67. The molecule has 0 atom stereocenters. The van der Waals surface area contributed by atoms with E-state index in [0.717, 1.165) is 12.3 Å². The molecule has 2 fully saturated rings. The van der Waals surface area contributed by atoms with Crippen molar-refractivity contribution in [2.75, 3.05) is 43.9 Å². The molecule has 1 aliphatic carbocycles. The van der Waals surface area contributed by atoms with Crippen molar-refractivity contribution in [1.82, 2.24) is 4.90 Å². The van der Waals surface area contributed by atoms with E-state index in [1.807, 2.05) is 20.8 Å². The molecule has 1 heterocycles. The van der Waals surface area contributed by atoms with E-state index in [2.05, 4.69) is 0 Å². The highest BCUT2D eigenvalue weighted by molar-refractivity contribution is 7.92. The standard InChI is InChI=1S/C26H33FN2O6S2/c1-26(2,3)17-35-24-10-8-19(36(4,31)32)15-21(24)25(30)29-13-11-28(12-14-29)23-9-7-20(16-22(23)27)37(33,34)18-5-6-18/h7-10,15-16,18H,5-6,11-14,17H2,1-4H3. The predicted molar refractivity (Wildman–Crippen MR) is 139 cm³/mol. The summed E-state index contributed by atoms with van der Waals surface area (Å²) in [6, 6.07) is 8.29. The number of sulfone groups is 2. The number of ether oxygens (including phenoxy) is 1. The van der Waals surface area contributed by atoms with Crippen LogP contribution in [0, 0.1) is 11.2 Å². The van der Waals surface area contributed by atoms with Gasteiger partial charge in [0.2, 0.25) is 0 Å². The van der Waals surface area contributed by atoms with Gasteiger partial charge in [-0.05, 0) is 54.7 Å². The lowest BCUT2D eigenvalue weighted by Gasteiger charge is -2.36. The van der Waals surface area contributed by atoms with Gasteiger partial charge >= 0.3 is 0 Å². The summed E-state index contributed by atoms with van der Waals surface area (Å²) >= 11 is 0. The molecule has 4 rings (SSSR count). The second-order valence-corrected chi connectivity index (χ2v) is 15.2. The first-order valence-corrected chi connectivity index (χ1v) is 15.7. The zero-order valence-corrected chi connectivity index (χ0v) is 23.2. The summed E-state index contributed by atoms with van der Waals surface area (Å²) in [5.74, 6) is -0.658. The number of carbonyl (C=O) groups excluding carboxylic acids is 1. The Morgan fingerprint density at radius 2 is 1.59 bits per heavy atom. The molecule has 11 heteroatoms. The van der Waals surface area contributed by atoms with Crippen LogP contribution in [0.4, 0.5) is 10.1 Å². The first-order chi connectivity index (χ1) is 17.2. The van der Waals surface area contributed by atoms with Crippen molar-refractivity contribution in [2.45, 2.75) is 48.7 Å². The Hall–Kier alpha value is -2.66. The first kappa shape index (κ1) is 27.4. The maximum atomic E-state index is 14.9. The van der Waals surface area contributed by atoms with Crippen LogP contribution in [0.2, 0.25) is 0 Å². The van der Waals surface area contributed by atoms with E-state index in [-0.39, 0.29) is 45.5 Å². The predicted octanol–water partition coefficient (Wildman–Crippen LogP) is 3.55. The number of nitrogens with zero attached hydrogens (tertiary/aromatic N) is 2. The minimum atomic E-state index is -3.53. The van der Waals surface area contributed by atoms with Crippen LogP contribution in [0.1, 0.15) is 44.0 Å². The zero-order valence-electron chi connectivity index (χ0n) is 21.5. The Morgan fingerprint density at radius 3 is 2.14 bits per heavy atom. The summed E-state index contributed by atoms with van der Waals surface area (Å²) in [4.78, 5) is 16.8. The van der Waals surface area contributed by atoms with E-state index in [9.17, 15) is 26.0 Å².